The highest BCUT2D eigenvalue weighted by Gasteiger charge is 2.29. The molecule has 0 spiro atoms. The molecule has 5 rings (SSSR count). The monoisotopic (exact) mass is 468 g/mol. The quantitative estimate of drug-likeness (QED) is 0.457. The lowest BCUT2D eigenvalue weighted by Crippen LogP contribution is -2.46. The second-order valence-electron chi connectivity index (χ2n) is 8.08. The molecule has 0 aliphatic carbocycles. The van der Waals surface area contributed by atoms with Crippen LogP contribution in [0.25, 0.3) is 22.6 Å². The molecule has 4 aromatic rings. The van der Waals surface area contributed by atoms with Gasteiger partial charge in [0.1, 0.15) is 17.3 Å². The topological polar surface area (TPSA) is 86.8 Å². The van der Waals surface area contributed by atoms with E-state index in [1.54, 1.807) is 9.30 Å². The lowest BCUT2D eigenvalue weighted by atomic mass is 10.0. The van der Waals surface area contributed by atoms with Gasteiger partial charge in [0.25, 0.3) is 0 Å². The number of fused-ring (bicyclic) bond motifs is 1. The SMILES string of the molecule is COC(=O)N1CCOC(Cc2c(-c3c(F)cc(-n4ccnn4)cc3F)nc3cc(C)ccn23)C1. The fraction of sp³-hybridized carbons (Fsp3) is 0.304. The number of morpholine rings is 1. The van der Waals surface area contributed by atoms with Crippen LogP contribution >= 0.6 is 0 Å². The number of benzene rings is 1. The van der Waals surface area contributed by atoms with Crippen LogP contribution in [0.3, 0.4) is 0 Å². The van der Waals surface area contributed by atoms with Gasteiger partial charge in [-0.3, -0.25) is 0 Å². The van der Waals surface area contributed by atoms with E-state index in [2.05, 4.69) is 15.3 Å². The van der Waals surface area contributed by atoms with E-state index in [9.17, 15) is 4.79 Å². The number of pyridine rings is 1. The summed E-state index contributed by atoms with van der Waals surface area (Å²) in [7, 11) is 1.33. The van der Waals surface area contributed by atoms with Crippen LogP contribution in [0.4, 0.5) is 13.6 Å². The lowest BCUT2D eigenvalue weighted by Gasteiger charge is -2.32. The maximum atomic E-state index is 15.3. The van der Waals surface area contributed by atoms with Gasteiger partial charge in [-0.1, -0.05) is 5.21 Å². The van der Waals surface area contributed by atoms with Crippen LogP contribution in [0.15, 0.2) is 42.9 Å². The van der Waals surface area contributed by atoms with E-state index in [0.717, 1.165) is 5.56 Å². The normalized spacial score (nSPS) is 16.2. The number of hydrogen-bond acceptors (Lipinski definition) is 6. The van der Waals surface area contributed by atoms with Gasteiger partial charge in [0, 0.05) is 31.3 Å². The Morgan fingerprint density at radius 1 is 1.24 bits per heavy atom. The average molecular weight is 468 g/mol. The minimum Gasteiger partial charge on any atom is -0.453 e. The number of nitrogens with zero attached hydrogens (tertiary/aromatic N) is 6. The molecule has 34 heavy (non-hydrogen) atoms. The minimum absolute atomic E-state index is 0.185. The highest BCUT2D eigenvalue weighted by molar-refractivity contribution is 5.70. The number of halogens is 2. The first-order valence-electron chi connectivity index (χ1n) is 10.7. The Labute approximate surface area is 193 Å². The number of imidazole rings is 1. The van der Waals surface area contributed by atoms with Gasteiger partial charge in [0.2, 0.25) is 0 Å². The van der Waals surface area contributed by atoms with Crippen molar-refractivity contribution in [3.63, 3.8) is 0 Å². The molecule has 1 amide bonds. The number of carbonyl (C=O) groups excluding carboxylic acids is 1. The molecule has 1 saturated heterocycles. The smallest absolute Gasteiger partial charge is 0.409 e. The molecule has 176 valence electrons. The van der Waals surface area contributed by atoms with Crippen molar-refractivity contribution < 1.29 is 23.0 Å². The molecular weight excluding hydrogens is 446 g/mol. The Bertz CT molecular complexity index is 1330. The van der Waals surface area contributed by atoms with Gasteiger partial charge in [-0.15, -0.1) is 5.10 Å². The van der Waals surface area contributed by atoms with Gasteiger partial charge in [-0.25, -0.2) is 23.2 Å². The summed E-state index contributed by atoms with van der Waals surface area (Å²) < 4.78 is 44.4. The highest BCUT2D eigenvalue weighted by Crippen LogP contribution is 2.32. The van der Waals surface area contributed by atoms with Gasteiger partial charge >= 0.3 is 6.09 Å². The number of hydrogen-bond donors (Lipinski definition) is 0. The molecule has 0 radical (unpaired) electrons. The number of carbonyl (C=O) groups is 1. The van der Waals surface area contributed by atoms with E-state index in [-0.39, 0.29) is 23.4 Å². The van der Waals surface area contributed by atoms with Crippen LogP contribution < -0.4 is 0 Å². The zero-order chi connectivity index (χ0) is 23.8. The molecular formula is C23H22F2N6O3. The molecule has 11 heteroatoms. The summed E-state index contributed by atoms with van der Waals surface area (Å²) in [4.78, 5) is 18.1. The number of aromatic nitrogens is 5. The van der Waals surface area contributed by atoms with Crippen molar-refractivity contribution in [1.82, 2.24) is 29.3 Å². The van der Waals surface area contributed by atoms with E-state index >= 15 is 8.78 Å². The fourth-order valence-corrected chi connectivity index (χ4v) is 4.21. The van der Waals surface area contributed by atoms with Crippen molar-refractivity contribution in [2.75, 3.05) is 26.8 Å². The van der Waals surface area contributed by atoms with Crippen molar-refractivity contribution >= 4 is 11.7 Å². The van der Waals surface area contributed by atoms with E-state index in [4.69, 9.17) is 9.47 Å². The average Bonchev–Trinajstić information content (AvgIpc) is 3.47. The molecule has 1 fully saturated rings. The van der Waals surface area contributed by atoms with Crippen molar-refractivity contribution in [2.45, 2.75) is 19.4 Å². The second-order valence-corrected chi connectivity index (χ2v) is 8.08. The Balaban J connectivity index is 1.58. The molecule has 1 unspecified atom stereocenters. The number of rotatable bonds is 4. The van der Waals surface area contributed by atoms with Crippen LogP contribution in [-0.4, -0.2) is 68.3 Å². The van der Waals surface area contributed by atoms with Gasteiger partial charge in [0.15, 0.2) is 0 Å². The molecule has 1 aliphatic heterocycles. The summed E-state index contributed by atoms with van der Waals surface area (Å²) in [6, 6.07) is 6.13. The van der Waals surface area contributed by atoms with Crippen molar-refractivity contribution in [3.05, 3.63) is 65.7 Å². The number of methoxy groups -OCH3 is 1. The fourth-order valence-electron chi connectivity index (χ4n) is 4.21. The minimum atomic E-state index is -0.771. The summed E-state index contributed by atoms with van der Waals surface area (Å²) in [6.45, 7) is 2.96. The summed E-state index contributed by atoms with van der Waals surface area (Å²) in [5.74, 6) is -1.54. The molecule has 0 bridgehead atoms. The van der Waals surface area contributed by atoms with Gasteiger partial charge < -0.3 is 18.8 Å². The van der Waals surface area contributed by atoms with E-state index < -0.39 is 23.8 Å². The van der Waals surface area contributed by atoms with E-state index in [0.29, 0.717) is 31.0 Å². The van der Waals surface area contributed by atoms with E-state index in [1.165, 1.54) is 36.3 Å². The van der Waals surface area contributed by atoms with E-state index in [1.807, 2.05) is 25.3 Å². The van der Waals surface area contributed by atoms with Crippen LogP contribution in [0.1, 0.15) is 11.3 Å². The third kappa shape index (κ3) is 3.98. The molecule has 1 aliphatic rings. The maximum absolute atomic E-state index is 15.3. The first-order valence-corrected chi connectivity index (χ1v) is 10.7. The third-order valence-electron chi connectivity index (χ3n) is 5.82. The maximum Gasteiger partial charge on any atom is 0.409 e. The van der Waals surface area contributed by atoms with Crippen molar-refractivity contribution in [2.24, 2.45) is 0 Å². The second kappa shape index (κ2) is 8.82. The molecule has 1 aromatic carbocycles. The lowest BCUT2D eigenvalue weighted by molar-refractivity contribution is -0.0241. The predicted octanol–water partition coefficient (Wildman–Crippen LogP) is 3.18. The van der Waals surface area contributed by atoms with Crippen LogP contribution in [0.2, 0.25) is 0 Å². The Kier molecular flexibility index (Phi) is 5.70. The molecule has 9 nitrogen and oxygen atoms in total. The molecule has 0 N–H and O–H groups in total. The molecule has 4 heterocycles. The van der Waals surface area contributed by atoms with Crippen LogP contribution in [-0.2, 0) is 15.9 Å². The largest absolute Gasteiger partial charge is 0.453 e. The van der Waals surface area contributed by atoms with Gasteiger partial charge in [-0.2, -0.15) is 0 Å². The molecule has 0 saturated carbocycles. The number of amides is 1. The van der Waals surface area contributed by atoms with Gasteiger partial charge in [-0.05, 0) is 24.6 Å². The Morgan fingerprint density at radius 3 is 2.74 bits per heavy atom. The first kappa shape index (κ1) is 22.0. The Morgan fingerprint density at radius 2 is 2.03 bits per heavy atom. The van der Waals surface area contributed by atoms with Crippen LogP contribution in [0, 0.1) is 18.6 Å². The summed E-state index contributed by atoms with van der Waals surface area (Å²) in [5, 5.41) is 7.47. The predicted molar refractivity (Wildman–Crippen MR) is 118 cm³/mol. The molecule has 3 aromatic heterocycles. The zero-order valence-corrected chi connectivity index (χ0v) is 18.6. The number of aryl methyl sites for hydroxylation is 1. The summed E-state index contributed by atoms with van der Waals surface area (Å²) >= 11 is 0. The van der Waals surface area contributed by atoms with Crippen molar-refractivity contribution in [3.8, 4) is 16.9 Å². The van der Waals surface area contributed by atoms with Gasteiger partial charge in [0.05, 0.1) is 61.4 Å². The highest BCUT2D eigenvalue weighted by atomic mass is 19.1. The molecule has 1 atom stereocenters. The third-order valence-corrected chi connectivity index (χ3v) is 5.82. The standard InChI is InChI=1S/C23H22F2N6O3/c1-14-3-5-30-19(12-16-13-29(7-8-34-16)23(32)33-2)22(27-20(30)9-14)21-17(24)10-15(11-18(21)25)31-6-4-26-28-31/h3-6,9-11,16H,7-8,12-13H2,1-2H3. The summed E-state index contributed by atoms with van der Waals surface area (Å²) in [5.41, 5.74) is 2.26. The zero-order valence-electron chi connectivity index (χ0n) is 18.6. The Hall–Kier alpha value is -3.86. The first-order chi connectivity index (χ1) is 16.4. The van der Waals surface area contributed by atoms with Crippen LogP contribution in [0.5, 0.6) is 0 Å². The van der Waals surface area contributed by atoms with Crippen molar-refractivity contribution in [1.29, 1.82) is 0 Å². The number of ether oxygens (including phenoxy) is 2. The summed E-state index contributed by atoms with van der Waals surface area (Å²) in [6.07, 6.45) is 4.19.